The fourth-order valence-electron chi connectivity index (χ4n) is 2.39. The van der Waals surface area contributed by atoms with Crippen LogP contribution < -0.4 is 5.73 Å². The van der Waals surface area contributed by atoms with Gasteiger partial charge in [0.25, 0.3) is 0 Å². The summed E-state index contributed by atoms with van der Waals surface area (Å²) in [5, 5.41) is 0. The van der Waals surface area contributed by atoms with E-state index in [1.165, 1.54) is 0 Å². The van der Waals surface area contributed by atoms with E-state index in [0.717, 1.165) is 17.5 Å². The van der Waals surface area contributed by atoms with Crippen LogP contribution in [0.1, 0.15) is 24.5 Å². The minimum Gasteiger partial charge on any atom is -0.389 e. The van der Waals surface area contributed by atoms with Gasteiger partial charge in [-0.2, -0.15) is 0 Å². The van der Waals surface area contributed by atoms with Gasteiger partial charge in [-0.3, -0.25) is 9.59 Å². The van der Waals surface area contributed by atoms with Crippen LogP contribution in [0.4, 0.5) is 0 Å². The third-order valence-electron chi connectivity index (χ3n) is 3.48. The molecule has 0 bridgehead atoms. The largest absolute Gasteiger partial charge is 0.389 e. The maximum Gasteiger partial charge on any atom is 0.312 e. The number of hydrogen-bond acceptors (Lipinski definition) is 3. The normalized spacial score (nSPS) is 15.5. The van der Waals surface area contributed by atoms with Gasteiger partial charge in [0.1, 0.15) is 4.99 Å². The molecule has 1 fully saturated rings. The summed E-state index contributed by atoms with van der Waals surface area (Å²) in [5.74, 6) is -0.843. The minimum atomic E-state index is -0.435. The van der Waals surface area contributed by atoms with Gasteiger partial charge in [-0.25, -0.2) is 0 Å². The molecule has 1 aliphatic heterocycles. The second kappa shape index (κ2) is 6.67. The predicted molar refractivity (Wildman–Crippen MR) is 84.6 cm³/mol. The smallest absolute Gasteiger partial charge is 0.312 e. The molecule has 6 heteroatoms. The first-order valence-corrected chi connectivity index (χ1v) is 7.40. The molecule has 0 aliphatic carbocycles. The second-order valence-corrected chi connectivity index (χ2v) is 5.52. The molecule has 5 nitrogen and oxygen atoms in total. The summed E-state index contributed by atoms with van der Waals surface area (Å²) in [7, 11) is 0. The predicted octanol–water partition coefficient (Wildman–Crippen LogP) is 0.902. The van der Waals surface area contributed by atoms with Crippen LogP contribution in [0, 0.1) is 0 Å². The van der Waals surface area contributed by atoms with Gasteiger partial charge in [-0.1, -0.05) is 37.3 Å². The molecule has 1 saturated heterocycles. The molecule has 0 unspecified atom stereocenters. The monoisotopic (exact) mass is 305 g/mol. The van der Waals surface area contributed by atoms with Crippen molar-refractivity contribution in [2.24, 2.45) is 5.73 Å². The first-order valence-electron chi connectivity index (χ1n) is 7.00. The van der Waals surface area contributed by atoms with Crippen LogP contribution in [0.15, 0.2) is 24.3 Å². The molecule has 2 rings (SSSR count). The Labute approximate surface area is 129 Å². The summed E-state index contributed by atoms with van der Waals surface area (Å²) in [4.78, 5) is 27.6. The summed E-state index contributed by atoms with van der Waals surface area (Å²) in [6, 6.07) is 7.44. The summed E-state index contributed by atoms with van der Waals surface area (Å²) < 4.78 is 0. The second-order valence-electron chi connectivity index (χ2n) is 5.08. The average molecular weight is 305 g/mol. The van der Waals surface area contributed by atoms with Crippen LogP contribution in [0.5, 0.6) is 0 Å². The van der Waals surface area contributed by atoms with E-state index < -0.39 is 11.8 Å². The molecule has 0 spiro atoms. The fraction of sp³-hybridized carbons (Fsp3) is 0.400. The Morgan fingerprint density at radius 2 is 1.90 bits per heavy atom. The van der Waals surface area contributed by atoms with E-state index in [9.17, 15) is 9.59 Å². The van der Waals surface area contributed by atoms with Crippen molar-refractivity contribution in [3.05, 3.63) is 35.4 Å². The highest BCUT2D eigenvalue weighted by atomic mass is 32.1. The number of benzene rings is 1. The van der Waals surface area contributed by atoms with Crippen LogP contribution in [0.2, 0.25) is 0 Å². The summed E-state index contributed by atoms with van der Waals surface area (Å²) >= 11 is 4.95. The summed E-state index contributed by atoms with van der Waals surface area (Å²) in [5.41, 5.74) is 7.30. The topological polar surface area (TPSA) is 66.6 Å². The number of nitrogens with two attached hydrogens (primary N) is 1. The first-order chi connectivity index (χ1) is 10.0. The molecule has 1 aliphatic rings. The number of amides is 2. The lowest BCUT2D eigenvalue weighted by molar-refractivity contribution is -0.156. The van der Waals surface area contributed by atoms with Gasteiger partial charge in [0.05, 0.1) is 0 Å². The maximum atomic E-state index is 12.1. The molecule has 1 aromatic rings. The molecular formula is C15H19N3O2S. The molecule has 2 N–H and O–H groups in total. The van der Waals surface area contributed by atoms with Gasteiger partial charge in [0.2, 0.25) is 0 Å². The third kappa shape index (κ3) is 3.58. The molecule has 0 radical (unpaired) electrons. The van der Waals surface area contributed by atoms with Gasteiger partial charge >= 0.3 is 11.8 Å². The summed E-state index contributed by atoms with van der Waals surface area (Å²) in [6.45, 7) is 4.18. The lowest BCUT2D eigenvalue weighted by atomic mass is 10.1. The number of hydrogen-bond donors (Lipinski definition) is 1. The Kier molecular flexibility index (Phi) is 4.90. The van der Waals surface area contributed by atoms with Crippen LogP contribution >= 0.6 is 12.2 Å². The van der Waals surface area contributed by atoms with E-state index in [0.29, 0.717) is 31.2 Å². The van der Waals surface area contributed by atoms with Crippen molar-refractivity contribution in [3.8, 4) is 0 Å². The minimum absolute atomic E-state index is 0.326. The van der Waals surface area contributed by atoms with Crippen molar-refractivity contribution in [2.45, 2.75) is 19.9 Å². The molecule has 0 saturated carbocycles. The lowest BCUT2D eigenvalue weighted by Gasteiger charge is -2.33. The van der Waals surface area contributed by atoms with Crippen molar-refractivity contribution in [1.82, 2.24) is 9.80 Å². The van der Waals surface area contributed by atoms with Crippen LogP contribution in [0.3, 0.4) is 0 Å². The van der Waals surface area contributed by atoms with E-state index in [1.807, 2.05) is 31.2 Å². The van der Waals surface area contributed by atoms with E-state index in [2.05, 4.69) is 0 Å². The number of rotatable bonds is 5. The Bertz CT molecular complexity index is 574. The molecule has 112 valence electrons. The van der Waals surface area contributed by atoms with Crippen LogP contribution in [0.25, 0.3) is 0 Å². The highest BCUT2D eigenvalue weighted by molar-refractivity contribution is 7.80. The number of carbonyl (C=O) groups excluding carboxylic acids is 2. The van der Waals surface area contributed by atoms with Crippen LogP contribution in [-0.4, -0.2) is 46.2 Å². The Hall–Kier alpha value is -1.95. The third-order valence-corrected chi connectivity index (χ3v) is 3.71. The van der Waals surface area contributed by atoms with Crippen molar-refractivity contribution >= 4 is 29.0 Å². The Morgan fingerprint density at radius 1 is 1.24 bits per heavy atom. The van der Waals surface area contributed by atoms with Gasteiger partial charge in [-0.15, -0.1) is 0 Å². The lowest BCUT2D eigenvalue weighted by Crippen LogP contribution is -2.53. The first kappa shape index (κ1) is 15.4. The van der Waals surface area contributed by atoms with Gasteiger partial charge < -0.3 is 15.5 Å². The van der Waals surface area contributed by atoms with Crippen molar-refractivity contribution in [1.29, 1.82) is 0 Å². The van der Waals surface area contributed by atoms with Crippen LogP contribution in [-0.2, 0) is 16.1 Å². The molecular weight excluding hydrogens is 286 g/mol. The summed E-state index contributed by atoms with van der Waals surface area (Å²) in [6.07, 6.45) is 0.856. The highest BCUT2D eigenvalue weighted by Gasteiger charge is 2.31. The fourth-order valence-corrected chi connectivity index (χ4v) is 2.52. The zero-order chi connectivity index (χ0) is 15.4. The maximum absolute atomic E-state index is 12.1. The number of thiocarbonyl (C=S) groups is 1. The van der Waals surface area contributed by atoms with E-state index in [4.69, 9.17) is 18.0 Å². The Morgan fingerprint density at radius 3 is 2.57 bits per heavy atom. The molecule has 0 aromatic heterocycles. The molecule has 0 atom stereocenters. The molecule has 1 aromatic carbocycles. The van der Waals surface area contributed by atoms with E-state index >= 15 is 0 Å². The van der Waals surface area contributed by atoms with Crippen molar-refractivity contribution < 1.29 is 9.59 Å². The number of nitrogens with zero attached hydrogens (tertiary/aromatic N) is 2. The van der Waals surface area contributed by atoms with Crippen molar-refractivity contribution in [2.75, 3.05) is 19.6 Å². The van der Waals surface area contributed by atoms with E-state index in [-0.39, 0.29) is 0 Å². The van der Waals surface area contributed by atoms with Crippen molar-refractivity contribution in [3.63, 3.8) is 0 Å². The Balaban J connectivity index is 2.07. The quantitative estimate of drug-likeness (QED) is 0.648. The highest BCUT2D eigenvalue weighted by Crippen LogP contribution is 2.12. The molecule has 1 heterocycles. The average Bonchev–Trinajstić information content (AvgIpc) is 2.47. The SMILES string of the molecule is CCCN1CCN(Cc2cccc(C(N)=S)c2)C(=O)C1=O. The van der Waals surface area contributed by atoms with Gasteiger partial charge in [0, 0.05) is 31.7 Å². The molecule has 21 heavy (non-hydrogen) atoms. The van der Waals surface area contributed by atoms with Gasteiger partial charge in [0.15, 0.2) is 0 Å². The van der Waals surface area contributed by atoms with Gasteiger partial charge in [-0.05, 0) is 18.1 Å². The van der Waals surface area contributed by atoms with E-state index in [1.54, 1.807) is 9.80 Å². The number of carbonyl (C=O) groups is 2. The zero-order valence-corrected chi connectivity index (χ0v) is 12.9. The molecule has 2 amide bonds. The standard InChI is InChI=1S/C15H19N3O2S/c1-2-6-17-7-8-18(15(20)14(17)19)10-11-4-3-5-12(9-11)13(16)21/h3-5,9H,2,6-8,10H2,1H3,(H2,16,21). The zero-order valence-electron chi connectivity index (χ0n) is 12.0. The number of piperazine rings is 1.